The molecule has 3 heteroatoms. The number of cyclic esters (lactones) is 1. The lowest BCUT2D eigenvalue weighted by atomic mass is 9.98. The summed E-state index contributed by atoms with van der Waals surface area (Å²) in [4.78, 5) is 11.5. The van der Waals surface area contributed by atoms with Crippen LogP contribution in [0.2, 0.25) is 0 Å². The third-order valence-corrected chi connectivity index (χ3v) is 3.22. The molecule has 1 fully saturated rings. The van der Waals surface area contributed by atoms with Gasteiger partial charge in [-0.1, -0.05) is 38.3 Å². The van der Waals surface area contributed by atoms with Gasteiger partial charge in [0.05, 0.1) is 12.2 Å². The molecule has 1 heterocycles. The minimum Gasteiger partial charge on any atom is -0.462 e. The molecule has 1 aliphatic rings. The predicted octanol–water partition coefficient (Wildman–Crippen LogP) is 3.64. The van der Waals surface area contributed by atoms with Crippen molar-refractivity contribution in [1.29, 1.82) is 0 Å². The number of hydrogen-bond donors (Lipinski definition) is 0. The minimum atomic E-state index is -0.205. The first-order valence-corrected chi connectivity index (χ1v) is 6.14. The van der Waals surface area contributed by atoms with Crippen LogP contribution in [0.4, 0.5) is 0 Å². The fourth-order valence-electron chi connectivity index (χ4n) is 1.82. The summed E-state index contributed by atoms with van der Waals surface area (Å²) in [5, 5.41) is 0.720. The highest BCUT2D eigenvalue weighted by atomic mass is 35.5. The Labute approximate surface area is 96.6 Å². The first-order chi connectivity index (χ1) is 7.20. The quantitative estimate of drug-likeness (QED) is 0.410. The molecular weight excluding hydrogens is 212 g/mol. The van der Waals surface area contributed by atoms with Gasteiger partial charge in [0, 0.05) is 11.0 Å². The highest BCUT2D eigenvalue weighted by molar-refractivity contribution is 6.31. The van der Waals surface area contributed by atoms with Crippen molar-refractivity contribution in [3.8, 4) is 0 Å². The van der Waals surface area contributed by atoms with E-state index in [4.69, 9.17) is 16.3 Å². The summed E-state index contributed by atoms with van der Waals surface area (Å²) >= 11 is 6.17. The number of unbranched alkanes of at least 4 members (excludes halogenated alkanes) is 2. The summed E-state index contributed by atoms with van der Waals surface area (Å²) in [6, 6.07) is 0. The third-order valence-electron chi connectivity index (χ3n) is 2.83. The number of hydrogen-bond acceptors (Lipinski definition) is 2. The van der Waals surface area contributed by atoms with Crippen molar-refractivity contribution in [2.75, 3.05) is 6.61 Å². The van der Waals surface area contributed by atoms with Crippen LogP contribution in [0.15, 0.2) is 10.6 Å². The molecule has 0 aromatic carbocycles. The molecule has 0 aliphatic carbocycles. The van der Waals surface area contributed by atoms with Crippen LogP contribution in [0, 0.1) is 5.92 Å². The highest BCUT2D eigenvalue weighted by Gasteiger charge is 2.31. The Kier molecular flexibility index (Phi) is 5.16. The Bertz CT molecular complexity index is 258. The summed E-state index contributed by atoms with van der Waals surface area (Å²) in [6.07, 6.45) is 5.13. The van der Waals surface area contributed by atoms with Crippen molar-refractivity contribution < 1.29 is 9.53 Å². The summed E-state index contributed by atoms with van der Waals surface area (Å²) in [7, 11) is 0. The molecule has 0 saturated carbocycles. The van der Waals surface area contributed by atoms with Crippen LogP contribution in [0.3, 0.4) is 0 Å². The van der Waals surface area contributed by atoms with Crippen molar-refractivity contribution in [1.82, 2.24) is 0 Å². The van der Waals surface area contributed by atoms with Crippen molar-refractivity contribution in [3.63, 3.8) is 0 Å². The largest absolute Gasteiger partial charge is 0.462 e. The maximum Gasteiger partial charge on any atom is 0.335 e. The van der Waals surface area contributed by atoms with Gasteiger partial charge in [0.2, 0.25) is 0 Å². The summed E-state index contributed by atoms with van der Waals surface area (Å²) in [5.74, 6) is 0.00924. The molecule has 1 saturated heterocycles. The highest BCUT2D eigenvalue weighted by Crippen LogP contribution is 2.31. The molecule has 86 valence electrons. The van der Waals surface area contributed by atoms with Gasteiger partial charge in [0.1, 0.15) is 0 Å². The smallest absolute Gasteiger partial charge is 0.335 e. The zero-order valence-corrected chi connectivity index (χ0v) is 10.3. The maximum absolute atomic E-state index is 11.5. The molecule has 0 bridgehead atoms. The number of esters is 1. The van der Waals surface area contributed by atoms with Crippen molar-refractivity contribution >= 4 is 17.6 Å². The van der Waals surface area contributed by atoms with Gasteiger partial charge in [0.15, 0.2) is 0 Å². The van der Waals surface area contributed by atoms with Gasteiger partial charge >= 0.3 is 5.97 Å². The van der Waals surface area contributed by atoms with Crippen molar-refractivity contribution in [2.24, 2.45) is 5.92 Å². The van der Waals surface area contributed by atoms with Gasteiger partial charge in [0.25, 0.3) is 0 Å². The summed E-state index contributed by atoms with van der Waals surface area (Å²) in [6.45, 7) is 4.72. The van der Waals surface area contributed by atoms with Crippen molar-refractivity contribution in [2.45, 2.75) is 46.0 Å². The van der Waals surface area contributed by atoms with E-state index in [1.165, 1.54) is 6.42 Å². The van der Waals surface area contributed by atoms with Crippen molar-refractivity contribution in [3.05, 3.63) is 10.6 Å². The molecule has 1 rings (SSSR count). The molecule has 0 spiro atoms. The monoisotopic (exact) mass is 230 g/mol. The van der Waals surface area contributed by atoms with Gasteiger partial charge in [-0.15, -0.1) is 0 Å². The van der Waals surface area contributed by atoms with E-state index in [-0.39, 0.29) is 11.9 Å². The topological polar surface area (TPSA) is 26.3 Å². The van der Waals surface area contributed by atoms with E-state index in [1.54, 1.807) is 0 Å². The molecule has 15 heavy (non-hydrogen) atoms. The Hall–Kier alpha value is -0.500. The maximum atomic E-state index is 11.5. The second-order valence-electron chi connectivity index (χ2n) is 3.98. The Morgan fingerprint density at radius 3 is 2.80 bits per heavy atom. The van der Waals surface area contributed by atoms with E-state index in [0.717, 1.165) is 36.3 Å². The first-order valence-electron chi connectivity index (χ1n) is 5.76. The Morgan fingerprint density at radius 1 is 1.47 bits per heavy atom. The number of rotatable bonds is 5. The van der Waals surface area contributed by atoms with Gasteiger partial charge < -0.3 is 4.74 Å². The number of allylic oxidation sites excluding steroid dienone is 1. The Morgan fingerprint density at radius 2 is 2.20 bits per heavy atom. The number of halogens is 1. The molecular formula is C12H19ClO2. The van der Waals surface area contributed by atoms with E-state index in [2.05, 4.69) is 13.8 Å². The molecule has 0 aromatic heterocycles. The van der Waals surface area contributed by atoms with Crippen LogP contribution in [0.1, 0.15) is 46.0 Å². The average Bonchev–Trinajstić information content (AvgIpc) is 2.59. The predicted molar refractivity (Wildman–Crippen MR) is 61.8 cm³/mol. The van der Waals surface area contributed by atoms with Crippen LogP contribution in [0.5, 0.6) is 0 Å². The SMILES string of the molecule is CCCCC/C(Cl)=C1/C(=O)OCC1CC. The number of ether oxygens (including phenoxy) is 1. The number of carbonyl (C=O) groups is 1. The van der Waals surface area contributed by atoms with Crippen LogP contribution in [-0.2, 0) is 9.53 Å². The molecule has 0 amide bonds. The molecule has 0 N–H and O–H groups in total. The lowest BCUT2D eigenvalue weighted by Crippen LogP contribution is -2.04. The molecule has 0 radical (unpaired) electrons. The van der Waals surface area contributed by atoms with Crippen LogP contribution in [0.25, 0.3) is 0 Å². The summed E-state index contributed by atoms with van der Waals surface area (Å²) in [5.41, 5.74) is 0.732. The van der Waals surface area contributed by atoms with Gasteiger partial charge in [-0.05, 0) is 19.3 Å². The number of carbonyl (C=O) groups excluding carboxylic acids is 1. The minimum absolute atomic E-state index is 0.205. The van der Waals surface area contributed by atoms with Crippen LogP contribution < -0.4 is 0 Å². The average molecular weight is 231 g/mol. The lowest BCUT2D eigenvalue weighted by molar-refractivity contribution is -0.135. The van der Waals surface area contributed by atoms with Gasteiger partial charge in [-0.3, -0.25) is 0 Å². The normalized spacial score (nSPS) is 24.2. The molecule has 2 nitrogen and oxygen atoms in total. The fourth-order valence-corrected chi connectivity index (χ4v) is 2.19. The van der Waals surface area contributed by atoms with E-state index in [9.17, 15) is 4.79 Å². The first kappa shape index (κ1) is 12.6. The van der Waals surface area contributed by atoms with Gasteiger partial charge in [-0.2, -0.15) is 0 Å². The lowest BCUT2D eigenvalue weighted by Gasteiger charge is -2.06. The van der Waals surface area contributed by atoms with E-state index < -0.39 is 0 Å². The fraction of sp³-hybridized carbons (Fsp3) is 0.750. The summed E-state index contributed by atoms with van der Waals surface area (Å²) < 4.78 is 5.02. The standard InChI is InChI=1S/C12H19ClO2/c1-3-5-6-7-10(13)11-9(4-2)8-15-12(11)14/h9H,3-8H2,1-2H3/b11-10-. The van der Waals surface area contributed by atoms with E-state index >= 15 is 0 Å². The molecule has 0 aromatic rings. The zero-order valence-electron chi connectivity index (χ0n) is 9.51. The Balaban J connectivity index is 2.63. The zero-order chi connectivity index (χ0) is 11.3. The molecule has 1 aliphatic heterocycles. The van der Waals surface area contributed by atoms with E-state index in [1.807, 2.05) is 0 Å². The van der Waals surface area contributed by atoms with Gasteiger partial charge in [-0.25, -0.2) is 4.79 Å². The second-order valence-corrected chi connectivity index (χ2v) is 4.44. The second kappa shape index (κ2) is 6.16. The van der Waals surface area contributed by atoms with Crippen LogP contribution >= 0.6 is 11.6 Å². The van der Waals surface area contributed by atoms with Crippen LogP contribution in [-0.4, -0.2) is 12.6 Å². The third kappa shape index (κ3) is 3.23. The molecule has 1 atom stereocenters. The van der Waals surface area contributed by atoms with E-state index in [0.29, 0.717) is 6.61 Å². The molecule has 1 unspecified atom stereocenters.